The van der Waals surface area contributed by atoms with Crippen LogP contribution in [0.1, 0.15) is 31.2 Å². The number of aryl methyl sites for hydroxylation is 1. The molecule has 2 heteroatoms. The maximum atomic E-state index is 12.3. The van der Waals surface area contributed by atoms with Crippen LogP contribution in [0, 0.1) is 24.7 Å². The molecule has 100 valence electrons. The quantitative estimate of drug-likeness (QED) is 0.797. The molecule has 0 aromatic heterocycles. The predicted molar refractivity (Wildman–Crippen MR) is 77.9 cm³/mol. The van der Waals surface area contributed by atoms with Crippen LogP contribution in [0.4, 0.5) is 5.69 Å². The molecule has 0 saturated heterocycles. The van der Waals surface area contributed by atoms with Gasteiger partial charge in [0.15, 0.2) is 0 Å². The Morgan fingerprint density at radius 1 is 1.05 bits per heavy atom. The third kappa shape index (κ3) is 2.73. The van der Waals surface area contributed by atoms with Crippen molar-refractivity contribution in [2.24, 2.45) is 17.8 Å². The summed E-state index contributed by atoms with van der Waals surface area (Å²) in [6.45, 7) is 2.06. The van der Waals surface area contributed by atoms with Crippen molar-refractivity contribution < 1.29 is 4.79 Å². The van der Waals surface area contributed by atoms with Gasteiger partial charge in [0.25, 0.3) is 0 Å². The highest BCUT2D eigenvalue weighted by Crippen LogP contribution is 2.53. The summed E-state index contributed by atoms with van der Waals surface area (Å²) in [6.07, 6.45) is 9.15. The van der Waals surface area contributed by atoms with Crippen LogP contribution in [-0.4, -0.2) is 5.91 Å². The zero-order valence-corrected chi connectivity index (χ0v) is 11.4. The first-order chi connectivity index (χ1) is 9.25. The maximum Gasteiger partial charge on any atom is 0.228 e. The zero-order chi connectivity index (χ0) is 13.2. The number of rotatable bonds is 2. The van der Waals surface area contributed by atoms with Crippen molar-refractivity contribution >= 4 is 11.6 Å². The predicted octanol–water partition coefficient (Wildman–Crippen LogP) is 3.93. The monoisotopic (exact) mass is 255 g/mol. The average Bonchev–Trinajstić information content (AvgIpc) is 3.03. The van der Waals surface area contributed by atoms with E-state index in [9.17, 15) is 4.79 Å². The van der Waals surface area contributed by atoms with E-state index in [0.717, 1.165) is 18.5 Å². The molecule has 1 unspecified atom stereocenters. The second-order valence-corrected chi connectivity index (χ2v) is 5.83. The van der Waals surface area contributed by atoms with Crippen molar-refractivity contribution in [2.75, 3.05) is 5.32 Å². The van der Waals surface area contributed by atoms with Gasteiger partial charge in [-0.25, -0.2) is 0 Å². The molecule has 2 aliphatic rings. The van der Waals surface area contributed by atoms with Gasteiger partial charge in [0.2, 0.25) is 5.91 Å². The van der Waals surface area contributed by atoms with E-state index in [4.69, 9.17) is 0 Å². The van der Waals surface area contributed by atoms with Gasteiger partial charge in [-0.3, -0.25) is 4.79 Å². The van der Waals surface area contributed by atoms with E-state index in [1.54, 1.807) is 0 Å². The normalized spacial score (nSPS) is 29.0. The molecular weight excluding hydrogens is 234 g/mol. The minimum absolute atomic E-state index is 0.223. The Labute approximate surface area is 114 Å². The number of fused-ring (bicyclic) bond motifs is 1. The molecule has 1 N–H and O–H groups in total. The summed E-state index contributed by atoms with van der Waals surface area (Å²) in [5.41, 5.74) is 2.14. The zero-order valence-electron chi connectivity index (χ0n) is 11.4. The van der Waals surface area contributed by atoms with Crippen LogP contribution in [0.5, 0.6) is 0 Å². The van der Waals surface area contributed by atoms with Crippen LogP contribution in [0.3, 0.4) is 0 Å². The van der Waals surface area contributed by atoms with E-state index in [1.807, 2.05) is 24.3 Å². The fourth-order valence-electron chi connectivity index (χ4n) is 3.30. The molecule has 1 fully saturated rings. The summed E-state index contributed by atoms with van der Waals surface area (Å²) in [5, 5.41) is 3.07. The summed E-state index contributed by atoms with van der Waals surface area (Å²) in [6, 6.07) is 8.05. The fourth-order valence-corrected chi connectivity index (χ4v) is 3.30. The van der Waals surface area contributed by atoms with Crippen LogP contribution >= 0.6 is 0 Å². The van der Waals surface area contributed by atoms with Crippen LogP contribution in [0.15, 0.2) is 36.4 Å². The van der Waals surface area contributed by atoms with Crippen LogP contribution in [0.25, 0.3) is 0 Å². The van der Waals surface area contributed by atoms with Gasteiger partial charge in [-0.15, -0.1) is 0 Å². The first-order valence-corrected chi connectivity index (χ1v) is 7.28. The van der Waals surface area contributed by atoms with E-state index in [0.29, 0.717) is 11.8 Å². The number of hydrogen-bond acceptors (Lipinski definition) is 1. The van der Waals surface area contributed by atoms with Gasteiger partial charge in [0, 0.05) is 11.6 Å². The summed E-state index contributed by atoms with van der Waals surface area (Å²) in [4.78, 5) is 12.3. The van der Waals surface area contributed by atoms with Crippen LogP contribution in [0.2, 0.25) is 0 Å². The molecular formula is C17H21NO. The topological polar surface area (TPSA) is 29.1 Å². The van der Waals surface area contributed by atoms with E-state index in [-0.39, 0.29) is 11.8 Å². The van der Waals surface area contributed by atoms with Crippen molar-refractivity contribution in [1.82, 2.24) is 0 Å². The lowest BCUT2D eigenvalue weighted by Gasteiger charge is -2.05. The lowest BCUT2D eigenvalue weighted by atomic mass is 10.1. The van der Waals surface area contributed by atoms with Gasteiger partial charge >= 0.3 is 0 Å². The van der Waals surface area contributed by atoms with Gasteiger partial charge in [-0.05, 0) is 56.6 Å². The Bertz CT molecular complexity index is 472. The van der Waals surface area contributed by atoms with Crippen LogP contribution < -0.4 is 5.32 Å². The number of benzene rings is 1. The smallest absolute Gasteiger partial charge is 0.228 e. The van der Waals surface area contributed by atoms with Gasteiger partial charge in [-0.2, -0.15) is 0 Å². The molecule has 0 radical (unpaired) electrons. The van der Waals surface area contributed by atoms with Crippen molar-refractivity contribution in [1.29, 1.82) is 0 Å². The van der Waals surface area contributed by atoms with Crippen molar-refractivity contribution in [3.63, 3.8) is 0 Å². The number of amides is 1. The molecule has 1 amide bonds. The molecule has 0 spiro atoms. The number of allylic oxidation sites excluding steroid dienone is 2. The first-order valence-electron chi connectivity index (χ1n) is 7.28. The summed E-state index contributed by atoms with van der Waals surface area (Å²) >= 11 is 0. The molecule has 19 heavy (non-hydrogen) atoms. The van der Waals surface area contributed by atoms with Gasteiger partial charge < -0.3 is 5.32 Å². The van der Waals surface area contributed by atoms with E-state index in [2.05, 4.69) is 24.4 Å². The average molecular weight is 255 g/mol. The summed E-state index contributed by atoms with van der Waals surface area (Å²) in [5.74, 6) is 1.72. The van der Waals surface area contributed by atoms with Crippen molar-refractivity contribution in [3.8, 4) is 0 Å². The fraction of sp³-hybridized carbons (Fsp3) is 0.471. The third-order valence-electron chi connectivity index (χ3n) is 4.45. The number of hydrogen-bond donors (Lipinski definition) is 1. The Hall–Kier alpha value is -1.57. The van der Waals surface area contributed by atoms with E-state index < -0.39 is 0 Å². The number of nitrogens with one attached hydrogen (secondary N) is 1. The minimum atomic E-state index is 0.223. The van der Waals surface area contributed by atoms with E-state index >= 15 is 0 Å². The number of carbonyl (C=O) groups excluding carboxylic acids is 1. The SMILES string of the molecule is Cc1ccc(NC(=O)C2[C@H]3CCC=CCC[C@@H]23)cc1. The van der Waals surface area contributed by atoms with E-state index in [1.165, 1.54) is 18.4 Å². The summed E-state index contributed by atoms with van der Waals surface area (Å²) in [7, 11) is 0. The molecule has 1 aromatic rings. The highest BCUT2D eigenvalue weighted by atomic mass is 16.2. The molecule has 1 aromatic carbocycles. The Balaban J connectivity index is 1.61. The molecule has 2 aliphatic carbocycles. The third-order valence-corrected chi connectivity index (χ3v) is 4.45. The minimum Gasteiger partial charge on any atom is -0.326 e. The number of carbonyl (C=O) groups is 1. The Morgan fingerprint density at radius 3 is 2.21 bits per heavy atom. The lowest BCUT2D eigenvalue weighted by Crippen LogP contribution is -2.15. The standard InChI is InChI=1S/C17H21NO/c1-12-8-10-13(11-9-12)18-17(19)16-14-6-4-2-3-5-7-15(14)16/h2-3,8-11,14-16H,4-7H2,1H3,(H,18,19)/t14-,15+,16?. The largest absolute Gasteiger partial charge is 0.326 e. The Kier molecular flexibility index (Phi) is 3.41. The molecule has 0 aliphatic heterocycles. The Morgan fingerprint density at radius 2 is 1.63 bits per heavy atom. The summed E-state index contributed by atoms with van der Waals surface area (Å²) < 4.78 is 0. The van der Waals surface area contributed by atoms with Gasteiger partial charge in [0.05, 0.1) is 0 Å². The van der Waals surface area contributed by atoms with Crippen molar-refractivity contribution in [3.05, 3.63) is 42.0 Å². The molecule has 3 atom stereocenters. The first kappa shape index (κ1) is 12.5. The molecule has 0 heterocycles. The molecule has 0 bridgehead atoms. The van der Waals surface area contributed by atoms with Gasteiger partial charge in [0.1, 0.15) is 0 Å². The van der Waals surface area contributed by atoms with Crippen LogP contribution in [-0.2, 0) is 4.79 Å². The molecule has 2 nitrogen and oxygen atoms in total. The highest BCUT2D eigenvalue weighted by molar-refractivity contribution is 5.94. The second-order valence-electron chi connectivity index (χ2n) is 5.83. The lowest BCUT2D eigenvalue weighted by molar-refractivity contribution is -0.117. The second kappa shape index (κ2) is 5.20. The highest BCUT2D eigenvalue weighted by Gasteiger charge is 2.53. The molecule has 1 saturated carbocycles. The number of anilines is 1. The van der Waals surface area contributed by atoms with Gasteiger partial charge in [-0.1, -0.05) is 29.8 Å². The molecule has 3 rings (SSSR count). The maximum absolute atomic E-state index is 12.3. The van der Waals surface area contributed by atoms with Crippen molar-refractivity contribution in [2.45, 2.75) is 32.6 Å².